The van der Waals surface area contributed by atoms with Crippen molar-refractivity contribution in [1.82, 2.24) is 9.13 Å². The maximum Gasteiger partial charge on any atom is 0.0368 e. The topological polar surface area (TPSA) is 9.86 Å². The molecule has 0 saturated carbocycles. The Balaban J connectivity index is 0.000000208. The molecule has 2 nitrogen and oxygen atoms in total. The molecule has 240 valence electrons. The molecule has 8 rings (SSSR count). The van der Waals surface area contributed by atoms with Gasteiger partial charge in [-0.25, -0.2) is 66.1 Å². The molecule has 0 spiro atoms. The fourth-order valence-electron chi connectivity index (χ4n) is 3.54. The minimum Gasteiger partial charge on any atom is -0.375 e. The quantitative estimate of drug-likeness (QED) is 0.0989. The molecule has 0 atom stereocenters. The van der Waals surface area contributed by atoms with E-state index in [2.05, 4.69) is 0 Å². The first-order valence-corrected chi connectivity index (χ1v) is 14.2. The van der Waals surface area contributed by atoms with Gasteiger partial charge in [-0.3, -0.25) is 0 Å². The third kappa shape index (κ3) is 15.6. The van der Waals surface area contributed by atoms with Gasteiger partial charge in [0.05, 0.1) is 0 Å². The van der Waals surface area contributed by atoms with Crippen LogP contribution < -0.4 is 0 Å². The Labute approximate surface area is 288 Å². The fourth-order valence-corrected chi connectivity index (χ4v) is 3.54. The van der Waals surface area contributed by atoms with Crippen molar-refractivity contribution in [3.8, 4) is 11.4 Å². The molecule has 0 radical (unpaired) electrons. The summed E-state index contributed by atoms with van der Waals surface area (Å²) in [5.41, 5.74) is 0.595. The smallest absolute Gasteiger partial charge is 0.0368 e. The van der Waals surface area contributed by atoms with Crippen LogP contribution in [0.1, 0.15) is 0 Å². The minimum atomic E-state index is -0.687. The Morgan fingerprint density at radius 1 is 0.383 bits per heavy atom. The average Bonchev–Trinajstić information content (AvgIpc) is 3.93. The zero-order valence-corrected chi connectivity index (χ0v) is 26.9. The van der Waals surface area contributed by atoms with E-state index in [0.29, 0.717) is 11.4 Å². The van der Waals surface area contributed by atoms with E-state index in [-0.39, 0.29) is 21.7 Å². The molecule has 0 fully saturated rings. The standard InChI is InChI=1S/2C10H6F2N.4C5H5.Ti/c2*11-8-3-4-10(9(12)7-8)13-5-1-2-6-13;4*1-2-4-5-3-1;/h2*1-6H;4*1-5H;/q6*-1;. The average molecular weight is 665 g/mol. The summed E-state index contributed by atoms with van der Waals surface area (Å²) in [4.78, 5) is 0. The zero-order chi connectivity index (χ0) is 32.7. The van der Waals surface area contributed by atoms with E-state index < -0.39 is 23.3 Å². The summed E-state index contributed by atoms with van der Waals surface area (Å²) < 4.78 is 54.3. The van der Waals surface area contributed by atoms with Gasteiger partial charge in [0.1, 0.15) is 0 Å². The van der Waals surface area contributed by atoms with Crippen LogP contribution in [0.5, 0.6) is 0 Å². The van der Waals surface area contributed by atoms with Crippen molar-refractivity contribution >= 4 is 0 Å². The summed E-state index contributed by atoms with van der Waals surface area (Å²) in [5.74, 6) is -2.74. The van der Waals surface area contributed by atoms with Gasteiger partial charge in [-0.1, -0.05) is 0 Å². The SMILES string of the molecule is Fc1[c-]c(F)c(-n2cccc2)cc1.Fc1[c-]c(F)c(-n2cccc2)cc1.[Ti].c1cc[cH-]c1.c1cc[cH-]c1.c1cc[cH-]c1.c1cc[cH-]c1. The minimum absolute atomic E-state index is 0. The van der Waals surface area contributed by atoms with Crippen LogP contribution in [-0.4, -0.2) is 9.13 Å². The van der Waals surface area contributed by atoms with E-state index in [4.69, 9.17) is 0 Å². The van der Waals surface area contributed by atoms with Gasteiger partial charge in [-0.05, 0) is 60.4 Å². The van der Waals surface area contributed by atoms with Crippen LogP contribution in [0.2, 0.25) is 0 Å². The van der Waals surface area contributed by atoms with Crippen molar-refractivity contribution in [2.24, 2.45) is 0 Å². The number of nitrogens with zero attached hydrogens (tertiary/aromatic N) is 2. The van der Waals surface area contributed by atoms with E-state index in [1.807, 2.05) is 133 Å². The van der Waals surface area contributed by atoms with E-state index in [9.17, 15) is 17.6 Å². The second-order valence-electron chi connectivity index (χ2n) is 9.04. The van der Waals surface area contributed by atoms with Crippen molar-refractivity contribution < 1.29 is 39.3 Å². The molecule has 2 aromatic heterocycles. The largest absolute Gasteiger partial charge is 0.375 e. The molecule has 0 amide bonds. The number of rotatable bonds is 2. The molecular weight excluding hydrogens is 632 g/mol. The Kier molecular flexibility index (Phi) is 18.8. The van der Waals surface area contributed by atoms with Gasteiger partial charge in [0.15, 0.2) is 0 Å². The summed E-state index contributed by atoms with van der Waals surface area (Å²) in [5, 5.41) is 0. The zero-order valence-electron chi connectivity index (χ0n) is 25.4. The number of hydrogen-bond donors (Lipinski definition) is 0. The Morgan fingerprint density at radius 3 is 0.830 bits per heavy atom. The van der Waals surface area contributed by atoms with Crippen molar-refractivity contribution in [3.05, 3.63) is 230 Å². The van der Waals surface area contributed by atoms with E-state index in [1.165, 1.54) is 24.3 Å². The molecule has 0 aliphatic heterocycles. The fraction of sp³-hybridized carbons (Fsp3) is 0. The van der Waals surface area contributed by atoms with Crippen LogP contribution in [0.3, 0.4) is 0 Å². The third-order valence-electron chi connectivity index (χ3n) is 5.67. The summed E-state index contributed by atoms with van der Waals surface area (Å²) in [6, 6.07) is 56.1. The maximum atomic E-state index is 13.1. The monoisotopic (exact) mass is 664 g/mol. The van der Waals surface area contributed by atoms with Crippen molar-refractivity contribution in [3.63, 3.8) is 0 Å². The van der Waals surface area contributed by atoms with Gasteiger partial charge in [-0.15, -0.1) is 36.4 Å². The second-order valence-corrected chi connectivity index (χ2v) is 9.04. The predicted octanol–water partition coefficient (Wildman–Crippen LogP) is 10.7. The van der Waals surface area contributed by atoms with Gasteiger partial charge in [-0.2, -0.15) is 72.8 Å². The van der Waals surface area contributed by atoms with Crippen LogP contribution in [0.4, 0.5) is 17.6 Å². The maximum absolute atomic E-state index is 13.1. The first-order chi connectivity index (χ1) is 22.5. The van der Waals surface area contributed by atoms with E-state index in [1.54, 1.807) is 58.2 Å². The number of halogens is 4. The molecule has 7 heteroatoms. The van der Waals surface area contributed by atoms with Crippen molar-refractivity contribution in [2.45, 2.75) is 0 Å². The number of benzene rings is 2. The summed E-state index contributed by atoms with van der Waals surface area (Å²) >= 11 is 0. The molecule has 47 heavy (non-hydrogen) atoms. The van der Waals surface area contributed by atoms with Gasteiger partial charge in [0.2, 0.25) is 0 Å². The molecule has 2 heterocycles. The van der Waals surface area contributed by atoms with Gasteiger partial charge in [0, 0.05) is 45.0 Å². The van der Waals surface area contributed by atoms with Gasteiger partial charge in [0.25, 0.3) is 0 Å². The molecular formula is C40H32F4N2Ti-6. The van der Waals surface area contributed by atoms with Gasteiger partial charge >= 0.3 is 0 Å². The summed E-state index contributed by atoms with van der Waals surface area (Å²) in [6.07, 6.45) is 6.74. The molecule has 0 aliphatic rings. The Bertz CT molecular complexity index is 1500. The van der Waals surface area contributed by atoms with E-state index >= 15 is 0 Å². The van der Waals surface area contributed by atoms with Crippen LogP contribution in [0.15, 0.2) is 195 Å². The van der Waals surface area contributed by atoms with E-state index in [0.717, 1.165) is 0 Å². The number of hydrogen-bond acceptors (Lipinski definition) is 0. The van der Waals surface area contributed by atoms with Crippen LogP contribution >= 0.6 is 0 Å². The predicted molar refractivity (Wildman–Crippen MR) is 177 cm³/mol. The first kappa shape index (κ1) is 38.0. The molecule has 0 bridgehead atoms. The van der Waals surface area contributed by atoms with Crippen molar-refractivity contribution in [2.75, 3.05) is 0 Å². The summed E-state index contributed by atoms with van der Waals surface area (Å²) in [6.45, 7) is 0. The second kappa shape index (κ2) is 23.2. The third-order valence-corrected chi connectivity index (χ3v) is 5.67. The molecule has 0 saturated heterocycles. The molecule has 0 unspecified atom stereocenters. The number of aromatic nitrogens is 2. The molecule has 0 aliphatic carbocycles. The first-order valence-electron chi connectivity index (χ1n) is 14.2. The Hall–Kier alpha value is -5.17. The summed E-state index contributed by atoms with van der Waals surface area (Å²) in [7, 11) is 0. The Morgan fingerprint density at radius 2 is 0.638 bits per heavy atom. The van der Waals surface area contributed by atoms with Gasteiger partial charge < -0.3 is 9.13 Å². The normalized spacial score (nSPS) is 9.11. The molecule has 8 aromatic rings. The van der Waals surface area contributed by atoms with Crippen molar-refractivity contribution in [1.29, 1.82) is 0 Å². The van der Waals surface area contributed by atoms with Crippen LogP contribution in [-0.2, 0) is 21.7 Å². The molecule has 6 aromatic carbocycles. The molecule has 0 N–H and O–H groups in total. The van der Waals surface area contributed by atoms with Crippen LogP contribution in [0, 0.1) is 35.4 Å². The van der Waals surface area contributed by atoms with Crippen LogP contribution in [0.25, 0.3) is 11.4 Å².